The Balaban J connectivity index is 0.00000144. The second-order valence-electron chi connectivity index (χ2n) is 3.41. The third-order valence-electron chi connectivity index (χ3n) is 2.39. The summed E-state index contributed by atoms with van der Waals surface area (Å²) in [5.74, 6) is 0.362. The Morgan fingerprint density at radius 1 is 1.47 bits per heavy atom. The molecule has 1 aromatic carbocycles. The van der Waals surface area contributed by atoms with Gasteiger partial charge in [-0.1, -0.05) is 12.1 Å². The number of hydrogen-bond donors (Lipinski definition) is 2. The molecule has 6 nitrogen and oxygen atoms in total. The lowest BCUT2D eigenvalue weighted by molar-refractivity contribution is -0.385. The Labute approximate surface area is 103 Å². The molecule has 0 amide bonds. The molecular formula is C10H11ClN4O2. The van der Waals surface area contributed by atoms with Gasteiger partial charge in [0, 0.05) is 23.3 Å². The fourth-order valence-electron chi connectivity index (χ4n) is 1.59. The van der Waals surface area contributed by atoms with E-state index in [4.69, 9.17) is 5.73 Å². The number of nitro groups is 1. The van der Waals surface area contributed by atoms with Crippen LogP contribution in [0.2, 0.25) is 0 Å². The van der Waals surface area contributed by atoms with Crippen molar-refractivity contribution >= 4 is 23.9 Å². The predicted octanol–water partition coefficient (Wildman–Crippen LogP) is 2.30. The fraction of sp³-hybridized carbons (Fsp3) is 0.100. The van der Waals surface area contributed by atoms with E-state index in [1.165, 1.54) is 6.07 Å². The van der Waals surface area contributed by atoms with Gasteiger partial charge in [0.1, 0.15) is 5.82 Å². The Bertz CT molecular complexity index is 553. The lowest BCUT2D eigenvalue weighted by atomic mass is 10.0. The van der Waals surface area contributed by atoms with Crippen molar-refractivity contribution in [3.05, 3.63) is 39.9 Å². The molecule has 0 aliphatic heterocycles. The summed E-state index contributed by atoms with van der Waals surface area (Å²) in [5.41, 5.74) is 7.58. The van der Waals surface area contributed by atoms with E-state index in [9.17, 15) is 10.1 Å². The van der Waals surface area contributed by atoms with Gasteiger partial charge in [0.2, 0.25) is 0 Å². The monoisotopic (exact) mass is 254 g/mol. The first-order chi connectivity index (χ1) is 7.59. The molecule has 0 bridgehead atoms. The van der Waals surface area contributed by atoms with Crippen LogP contribution in [0.1, 0.15) is 5.56 Å². The summed E-state index contributed by atoms with van der Waals surface area (Å²) >= 11 is 0. The van der Waals surface area contributed by atoms with Crippen LogP contribution in [-0.2, 0) is 0 Å². The number of H-pyrrole nitrogens is 1. The summed E-state index contributed by atoms with van der Waals surface area (Å²) in [6.45, 7) is 1.70. The van der Waals surface area contributed by atoms with E-state index in [0.29, 0.717) is 17.1 Å². The molecule has 2 rings (SSSR count). The van der Waals surface area contributed by atoms with Crippen LogP contribution in [0.25, 0.3) is 11.3 Å². The number of aromatic amines is 1. The number of halogens is 1. The summed E-state index contributed by atoms with van der Waals surface area (Å²) in [7, 11) is 0. The molecule has 0 aliphatic rings. The molecule has 0 radical (unpaired) electrons. The van der Waals surface area contributed by atoms with Crippen LogP contribution < -0.4 is 5.73 Å². The van der Waals surface area contributed by atoms with Gasteiger partial charge in [-0.25, -0.2) is 0 Å². The van der Waals surface area contributed by atoms with E-state index in [0.717, 1.165) is 5.56 Å². The van der Waals surface area contributed by atoms with Gasteiger partial charge in [0.25, 0.3) is 5.69 Å². The van der Waals surface area contributed by atoms with Crippen molar-refractivity contribution in [3.8, 4) is 11.3 Å². The van der Waals surface area contributed by atoms with Crippen LogP contribution >= 0.6 is 12.4 Å². The minimum atomic E-state index is -0.404. The summed E-state index contributed by atoms with van der Waals surface area (Å²) < 4.78 is 0. The van der Waals surface area contributed by atoms with Gasteiger partial charge in [-0.3, -0.25) is 15.2 Å². The summed E-state index contributed by atoms with van der Waals surface area (Å²) in [5, 5.41) is 17.3. The molecule has 7 heteroatoms. The molecule has 1 aromatic heterocycles. The number of nitrogens with one attached hydrogen (secondary N) is 1. The molecule has 90 valence electrons. The Hall–Kier alpha value is -2.08. The number of nitrogen functional groups attached to an aromatic ring is 1. The first-order valence-corrected chi connectivity index (χ1v) is 4.65. The van der Waals surface area contributed by atoms with Crippen molar-refractivity contribution in [2.24, 2.45) is 0 Å². The SMILES string of the molecule is Cc1c(-c2cc(N)n[nH]2)cccc1[N+](=O)[O-].Cl. The second-order valence-corrected chi connectivity index (χ2v) is 3.41. The van der Waals surface area contributed by atoms with E-state index >= 15 is 0 Å². The molecule has 3 N–H and O–H groups in total. The van der Waals surface area contributed by atoms with Crippen LogP contribution in [0.4, 0.5) is 11.5 Å². The number of nitrogens with zero attached hydrogens (tertiary/aromatic N) is 2. The maximum Gasteiger partial charge on any atom is 0.272 e. The van der Waals surface area contributed by atoms with E-state index in [-0.39, 0.29) is 18.1 Å². The standard InChI is InChI=1S/C10H10N4O2.ClH/c1-6-7(8-5-10(11)13-12-8)3-2-4-9(6)14(15)16;/h2-5H,1H3,(H3,11,12,13);1H. The number of anilines is 1. The van der Waals surface area contributed by atoms with Crippen LogP contribution in [-0.4, -0.2) is 15.1 Å². The van der Waals surface area contributed by atoms with Crippen molar-refractivity contribution in [3.63, 3.8) is 0 Å². The van der Waals surface area contributed by atoms with E-state index in [2.05, 4.69) is 10.2 Å². The molecule has 1 heterocycles. The lowest BCUT2D eigenvalue weighted by Gasteiger charge is -2.03. The third-order valence-corrected chi connectivity index (χ3v) is 2.39. The Morgan fingerprint density at radius 2 is 2.18 bits per heavy atom. The van der Waals surface area contributed by atoms with Crippen molar-refractivity contribution in [2.75, 3.05) is 5.73 Å². The van der Waals surface area contributed by atoms with Crippen molar-refractivity contribution < 1.29 is 4.92 Å². The van der Waals surface area contributed by atoms with Gasteiger partial charge >= 0.3 is 0 Å². The van der Waals surface area contributed by atoms with Gasteiger partial charge < -0.3 is 5.73 Å². The minimum Gasteiger partial charge on any atom is -0.382 e. The topological polar surface area (TPSA) is 97.8 Å². The first kappa shape index (κ1) is 13.0. The zero-order chi connectivity index (χ0) is 11.7. The third kappa shape index (κ3) is 2.36. The number of benzene rings is 1. The van der Waals surface area contributed by atoms with Gasteiger partial charge in [0.15, 0.2) is 0 Å². The average molecular weight is 255 g/mol. The van der Waals surface area contributed by atoms with Gasteiger partial charge in [0.05, 0.1) is 10.6 Å². The van der Waals surface area contributed by atoms with Crippen molar-refractivity contribution in [1.29, 1.82) is 0 Å². The number of rotatable bonds is 2. The second kappa shape index (κ2) is 4.84. The molecule has 0 unspecified atom stereocenters. The normalized spacial score (nSPS) is 9.71. The molecule has 2 aromatic rings. The number of nitro benzene ring substituents is 1. The van der Waals surface area contributed by atoms with E-state index in [1.807, 2.05) is 0 Å². The van der Waals surface area contributed by atoms with Crippen LogP contribution in [0, 0.1) is 17.0 Å². The highest BCUT2D eigenvalue weighted by Gasteiger charge is 2.15. The zero-order valence-corrected chi connectivity index (χ0v) is 9.82. The quantitative estimate of drug-likeness (QED) is 0.635. The first-order valence-electron chi connectivity index (χ1n) is 4.65. The number of hydrogen-bond acceptors (Lipinski definition) is 4. The zero-order valence-electron chi connectivity index (χ0n) is 9.01. The lowest BCUT2D eigenvalue weighted by Crippen LogP contribution is -1.93. The van der Waals surface area contributed by atoms with Gasteiger partial charge in [-0.05, 0) is 6.92 Å². The minimum absolute atomic E-state index is 0. The molecule has 0 aliphatic carbocycles. The summed E-state index contributed by atoms with van der Waals surface area (Å²) in [6.07, 6.45) is 0. The molecule has 0 saturated carbocycles. The molecule has 17 heavy (non-hydrogen) atoms. The summed E-state index contributed by atoms with van der Waals surface area (Å²) in [4.78, 5) is 10.4. The van der Waals surface area contributed by atoms with Gasteiger partial charge in [-0.15, -0.1) is 12.4 Å². The smallest absolute Gasteiger partial charge is 0.272 e. The fourth-order valence-corrected chi connectivity index (χ4v) is 1.59. The highest BCUT2D eigenvalue weighted by molar-refractivity contribution is 5.85. The van der Waals surface area contributed by atoms with Gasteiger partial charge in [-0.2, -0.15) is 5.10 Å². The number of nitrogens with two attached hydrogens (primary N) is 1. The largest absolute Gasteiger partial charge is 0.382 e. The van der Waals surface area contributed by atoms with Crippen molar-refractivity contribution in [2.45, 2.75) is 6.92 Å². The molecule has 0 saturated heterocycles. The number of aromatic nitrogens is 2. The van der Waals surface area contributed by atoms with Crippen molar-refractivity contribution in [1.82, 2.24) is 10.2 Å². The molecular weight excluding hydrogens is 244 g/mol. The molecule has 0 spiro atoms. The highest BCUT2D eigenvalue weighted by atomic mass is 35.5. The van der Waals surface area contributed by atoms with E-state index < -0.39 is 4.92 Å². The molecule has 0 atom stereocenters. The van der Waals surface area contributed by atoms with E-state index in [1.54, 1.807) is 25.1 Å². The maximum absolute atomic E-state index is 10.8. The highest BCUT2D eigenvalue weighted by Crippen LogP contribution is 2.28. The Morgan fingerprint density at radius 3 is 2.71 bits per heavy atom. The van der Waals surface area contributed by atoms with Crippen LogP contribution in [0.3, 0.4) is 0 Å². The van der Waals surface area contributed by atoms with Crippen LogP contribution in [0.5, 0.6) is 0 Å². The predicted molar refractivity (Wildman–Crippen MR) is 67.1 cm³/mol. The average Bonchev–Trinajstić information content (AvgIpc) is 2.64. The summed E-state index contributed by atoms with van der Waals surface area (Å²) in [6, 6.07) is 6.54. The Kier molecular flexibility index (Phi) is 3.69. The maximum atomic E-state index is 10.8. The van der Waals surface area contributed by atoms with Crippen LogP contribution in [0.15, 0.2) is 24.3 Å². The molecule has 0 fully saturated rings.